The summed E-state index contributed by atoms with van der Waals surface area (Å²) in [5, 5.41) is 2.71. The molecule has 3 heterocycles. The van der Waals surface area contributed by atoms with Gasteiger partial charge in [0.15, 0.2) is 9.84 Å². The van der Waals surface area contributed by atoms with Gasteiger partial charge in [-0.05, 0) is 13.3 Å². The van der Waals surface area contributed by atoms with E-state index in [1.165, 1.54) is 12.4 Å². The molecular weight excluding hydrogens is 374 g/mol. The van der Waals surface area contributed by atoms with E-state index in [0.717, 1.165) is 0 Å². The lowest BCUT2D eigenvalue weighted by molar-refractivity contribution is 0.0939. The van der Waals surface area contributed by atoms with Crippen molar-refractivity contribution >= 4 is 27.8 Å². The second kappa shape index (κ2) is 8.07. The Morgan fingerprint density at radius 3 is 2.44 bits per heavy atom. The first-order valence-corrected chi connectivity index (χ1v) is 10.7. The van der Waals surface area contributed by atoms with E-state index in [1.54, 1.807) is 11.8 Å². The van der Waals surface area contributed by atoms with Crippen molar-refractivity contribution in [2.45, 2.75) is 19.4 Å². The van der Waals surface area contributed by atoms with Crippen molar-refractivity contribution in [3.8, 4) is 0 Å². The van der Waals surface area contributed by atoms with Crippen molar-refractivity contribution in [1.29, 1.82) is 0 Å². The number of ether oxygens (including phenoxy) is 1. The standard InChI is InChI=1S/C16H23N5O5S/c1-2-26-16(23)21-6-4-20(5-7-21)15-17-9-12(10-18-15)14(22)19-13-3-8-27(24,25)11-13/h9-10,13H,2-8,11H2,1H3,(H,19,22). The van der Waals surface area contributed by atoms with Crippen molar-refractivity contribution < 1.29 is 22.7 Å². The molecule has 148 valence electrons. The van der Waals surface area contributed by atoms with Gasteiger partial charge < -0.3 is 19.9 Å². The van der Waals surface area contributed by atoms with Crippen molar-refractivity contribution in [2.24, 2.45) is 0 Å². The maximum absolute atomic E-state index is 12.2. The van der Waals surface area contributed by atoms with Crippen LogP contribution in [0.2, 0.25) is 0 Å². The predicted molar refractivity (Wildman–Crippen MR) is 97.4 cm³/mol. The number of amides is 2. The minimum atomic E-state index is -3.05. The number of piperazine rings is 1. The SMILES string of the molecule is CCOC(=O)N1CCN(c2ncc(C(=O)NC3CCS(=O)(=O)C3)cn2)CC1. The van der Waals surface area contributed by atoms with Gasteiger partial charge in [-0.15, -0.1) is 0 Å². The number of aromatic nitrogens is 2. The average molecular weight is 397 g/mol. The van der Waals surface area contributed by atoms with Crippen molar-refractivity contribution in [3.63, 3.8) is 0 Å². The van der Waals surface area contributed by atoms with E-state index >= 15 is 0 Å². The molecule has 1 atom stereocenters. The molecule has 1 aromatic heterocycles. The number of anilines is 1. The minimum absolute atomic E-state index is 0.0254. The van der Waals surface area contributed by atoms with Gasteiger partial charge in [-0.25, -0.2) is 23.2 Å². The molecule has 0 aliphatic carbocycles. The van der Waals surface area contributed by atoms with Crippen LogP contribution >= 0.6 is 0 Å². The molecule has 0 saturated carbocycles. The molecule has 0 radical (unpaired) electrons. The van der Waals surface area contributed by atoms with Crippen LogP contribution in [-0.2, 0) is 14.6 Å². The Kier molecular flexibility index (Phi) is 5.78. The number of carbonyl (C=O) groups is 2. The van der Waals surface area contributed by atoms with Gasteiger partial charge in [0.1, 0.15) is 0 Å². The van der Waals surface area contributed by atoms with Crippen LogP contribution in [0.4, 0.5) is 10.7 Å². The zero-order chi connectivity index (χ0) is 19.4. The minimum Gasteiger partial charge on any atom is -0.450 e. The van der Waals surface area contributed by atoms with Crippen LogP contribution in [0.25, 0.3) is 0 Å². The molecule has 2 saturated heterocycles. The van der Waals surface area contributed by atoms with Crippen LogP contribution in [0.15, 0.2) is 12.4 Å². The molecule has 0 aromatic carbocycles. The van der Waals surface area contributed by atoms with Crippen LogP contribution in [0.5, 0.6) is 0 Å². The van der Waals surface area contributed by atoms with E-state index in [4.69, 9.17) is 4.74 Å². The summed E-state index contributed by atoms with van der Waals surface area (Å²) in [6, 6.07) is -0.363. The average Bonchev–Trinajstić information content (AvgIpc) is 3.00. The highest BCUT2D eigenvalue weighted by Gasteiger charge is 2.29. The van der Waals surface area contributed by atoms with Crippen molar-refractivity contribution in [2.75, 3.05) is 49.2 Å². The summed E-state index contributed by atoms with van der Waals surface area (Å²) in [5.41, 5.74) is 0.285. The van der Waals surface area contributed by atoms with Gasteiger partial charge in [-0.1, -0.05) is 0 Å². The molecule has 27 heavy (non-hydrogen) atoms. The number of hydrogen-bond donors (Lipinski definition) is 1. The molecule has 2 aliphatic rings. The lowest BCUT2D eigenvalue weighted by Gasteiger charge is -2.33. The highest BCUT2D eigenvalue weighted by atomic mass is 32.2. The van der Waals surface area contributed by atoms with E-state index in [-0.39, 0.29) is 35.1 Å². The lowest BCUT2D eigenvalue weighted by atomic mass is 10.2. The fourth-order valence-corrected chi connectivity index (χ4v) is 4.76. The normalized spacial score (nSPS) is 21.7. The van der Waals surface area contributed by atoms with Gasteiger partial charge in [0.05, 0.1) is 23.7 Å². The Bertz CT molecular complexity index is 790. The third-order valence-corrected chi connectivity index (χ3v) is 6.32. The Morgan fingerprint density at radius 1 is 1.22 bits per heavy atom. The third kappa shape index (κ3) is 4.85. The highest BCUT2D eigenvalue weighted by Crippen LogP contribution is 2.14. The second-order valence-corrected chi connectivity index (χ2v) is 8.75. The van der Waals surface area contributed by atoms with Gasteiger partial charge in [-0.3, -0.25) is 4.79 Å². The summed E-state index contributed by atoms with van der Waals surface area (Å²) >= 11 is 0. The van der Waals surface area contributed by atoms with E-state index in [1.807, 2.05) is 4.90 Å². The third-order valence-electron chi connectivity index (χ3n) is 4.56. The van der Waals surface area contributed by atoms with Crippen LogP contribution in [0.1, 0.15) is 23.7 Å². The second-order valence-electron chi connectivity index (χ2n) is 6.52. The summed E-state index contributed by atoms with van der Waals surface area (Å²) < 4.78 is 27.9. The Balaban J connectivity index is 1.53. The van der Waals surface area contributed by atoms with Gasteiger partial charge in [0.2, 0.25) is 5.95 Å². The molecule has 1 unspecified atom stereocenters. The molecular formula is C16H23N5O5S. The maximum Gasteiger partial charge on any atom is 0.409 e. The van der Waals surface area contributed by atoms with Gasteiger partial charge >= 0.3 is 6.09 Å². The predicted octanol–water partition coefficient (Wildman–Crippen LogP) is -0.328. The van der Waals surface area contributed by atoms with Crippen LogP contribution < -0.4 is 10.2 Å². The molecule has 2 amide bonds. The van der Waals surface area contributed by atoms with Gasteiger partial charge in [0.25, 0.3) is 5.91 Å². The van der Waals surface area contributed by atoms with E-state index in [9.17, 15) is 18.0 Å². The fraction of sp³-hybridized carbons (Fsp3) is 0.625. The molecule has 2 fully saturated rings. The number of nitrogens with one attached hydrogen (secondary N) is 1. The fourth-order valence-electron chi connectivity index (χ4n) is 3.08. The molecule has 10 nitrogen and oxygen atoms in total. The van der Waals surface area contributed by atoms with Gasteiger partial charge in [0, 0.05) is 44.6 Å². The monoisotopic (exact) mass is 397 g/mol. The first-order valence-electron chi connectivity index (χ1n) is 8.88. The largest absolute Gasteiger partial charge is 0.450 e. The smallest absolute Gasteiger partial charge is 0.409 e. The topological polar surface area (TPSA) is 122 Å². The van der Waals surface area contributed by atoms with E-state index in [2.05, 4.69) is 15.3 Å². The zero-order valence-electron chi connectivity index (χ0n) is 15.1. The summed E-state index contributed by atoms with van der Waals surface area (Å²) in [6.07, 6.45) is 2.97. The van der Waals surface area contributed by atoms with Crippen molar-refractivity contribution in [3.05, 3.63) is 18.0 Å². The first-order chi connectivity index (χ1) is 12.9. The molecule has 2 aliphatic heterocycles. The summed E-state index contributed by atoms with van der Waals surface area (Å²) in [7, 11) is -3.05. The number of sulfone groups is 1. The molecule has 1 aromatic rings. The van der Waals surface area contributed by atoms with Crippen LogP contribution in [0.3, 0.4) is 0 Å². The molecule has 0 spiro atoms. The maximum atomic E-state index is 12.2. The zero-order valence-corrected chi connectivity index (χ0v) is 15.9. The first kappa shape index (κ1) is 19.3. The summed E-state index contributed by atoms with van der Waals surface area (Å²) in [5.74, 6) is 0.183. The molecule has 0 bridgehead atoms. The van der Waals surface area contributed by atoms with E-state index in [0.29, 0.717) is 45.2 Å². The highest BCUT2D eigenvalue weighted by molar-refractivity contribution is 7.91. The van der Waals surface area contributed by atoms with E-state index < -0.39 is 9.84 Å². The molecule has 11 heteroatoms. The Morgan fingerprint density at radius 2 is 1.89 bits per heavy atom. The summed E-state index contributed by atoms with van der Waals surface area (Å²) in [4.78, 5) is 36.0. The van der Waals surface area contributed by atoms with Gasteiger partial charge in [-0.2, -0.15) is 0 Å². The number of rotatable bonds is 4. The molecule has 1 N–H and O–H groups in total. The van der Waals surface area contributed by atoms with Crippen LogP contribution in [0, 0.1) is 0 Å². The number of carbonyl (C=O) groups excluding carboxylic acids is 2. The number of hydrogen-bond acceptors (Lipinski definition) is 8. The quantitative estimate of drug-likeness (QED) is 0.733. The Labute approximate surface area is 157 Å². The molecule has 3 rings (SSSR count). The number of nitrogens with zero attached hydrogens (tertiary/aromatic N) is 4. The van der Waals surface area contributed by atoms with Crippen LogP contribution in [-0.4, -0.2) is 85.6 Å². The lowest BCUT2D eigenvalue weighted by Crippen LogP contribution is -2.49. The Hall–Kier alpha value is -2.43. The summed E-state index contributed by atoms with van der Waals surface area (Å²) in [6.45, 7) is 4.29. The van der Waals surface area contributed by atoms with Crippen molar-refractivity contribution in [1.82, 2.24) is 20.2 Å².